The zero-order valence-electron chi connectivity index (χ0n) is 12.9. The van der Waals surface area contributed by atoms with Gasteiger partial charge in [-0.25, -0.2) is 9.67 Å². The van der Waals surface area contributed by atoms with Crippen LogP contribution in [0.1, 0.15) is 0 Å². The fourth-order valence-electron chi connectivity index (χ4n) is 2.23. The van der Waals surface area contributed by atoms with Crippen molar-refractivity contribution in [1.29, 1.82) is 0 Å². The van der Waals surface area contributed by atoms with Crippen molar-refractivity contribution in [2.24, 2.45) is 0 Å². The molecule has 0 saturated heterocycles. The minimum Gasteiger partial charge on any atom is -0.353 e. The van der Waals surface area contributed by atoms with Crippen molar-refractivity contribution in [3.8, 4) is 11.5 Å². The number of pyridine rings is 1. The van der Waals surface area contributed by atoms with Gasteiger partial charge in [-0.05, 0) is 18.2 Å². The number of imidazole rings is 1. The van der Waals surface area contributed by atoms with Gasteiger partial charge in [-0.15, -0.1) is 0 Å². The lowest BCUT2D eigenvalue weighted by molar-refractivity contribution is -0.121. The normalized spacial score (nSPS) is 10.5. The molecule has 0 unspecified atom stereocenters. The third-order valence-corrected chi connectivity index (χ3v) is 3.36. The number of nitrogens with zero attached hydrogens (tertiary/aromatic N) is 5. The van der Waals surface area contributed by atoms with Crippen LogP contribution in [-0.2, 0) is 17.9 Å². The highest BCUT2D eigenvalue weighted by Crippen LogP contribution is 2.13. The number of carbonyl (C=O) groups excluding carboxylic acids is 1. The van der Waals surface area contributed by atoms with Gasteiger partial charge in [0.15, 0.2) is 5.82 Å². The molecule has 0 aromatic carbocycles. The van der Waals surface area contributed by atoms with E-state index in [-0.39, 0.29) is 18.0 Å². The van der Waals surface area contributed by atoms with Gasteiger partial charge in [0.1, 0.15) is 12.2 Å². The van der Waals surface area contributed by atoms with Crippen molar-refractivity contribution in [3.05, 3.63) is 65.5 Å². The average Bonchev–Trinajstić information content (AvgIpc) is 3.06. The Labute approximate surface area is 137 Å². The third kappa shape index (κ3) is 3.72. The van der Waals surface area contributed by atoms with Gasteiger partial charge in [0.25, 0.3) is 5.56 Å². The second-order valence-electron chi connectivity index (χ2n) is 5.03. The number of aromatic nitrogens is 5. The Morgan fingerprint density at radius 2 is 2.00 bits per heavy atom. The quantitative estimate of drug-likeness (QED) is 0.704. The van der Waals surface area contributed by atoms with E-state index >= 15 is 0 Å². The molecule has 24 heavy (non-hydrogen) atoms. The molecule has 3 heterocycles. The second kappa shape index (κ2) is 7.32. The largest absolute Gasteiger partial charge is 0.353 e. The molecule has 1 N–H and O–H groups in total. The molecular weight excluding hydrogens is 308 g/mol. The van der Waals surface area contributed by atoms with E-state index in [2.05, 4.69) is 20.4 Å². The van der Waals surface area contributed by atoms with Gasteiger partial charge in [-0.2, -0.15) is 5.10 Å². The van der Waals surface area contributed by atoms with Crippen LogP contribution in [0.4, 0.5) is 0 Å². The predicted molar refractivity (Wildman–Crippen MR) is 87.0 cm³/mol. The van der Waals surface area contributed by atoms with Crippen LogP contribution in [0.2, 0.25) is 0 Å². The molecule has 0 saturated carbocycles. The number of nitrogens with one attached hydrogen (secondary N) is 1. The number of hydrogen-bond acceptors (Lipinski definition) is 5. The topological polar surface area (TPSA) is 94.7 Å². The molecule has 0 aliphatic rings. The summed E-state index contributed by atoms with van der Waals surface area (Å²) in [7, 11) is 0. The van der Waals surface area contributed by atoms with E-state index < -0.39 is 0 Å². The molecule has 0 atom stereocenters. The van der Waals surface area contributed by atoms with E-state index in [4.69, 9.17) is 0 Å². The highest BCUT2D eigenvalue weighted by molar-refractivity contribution is 5.75. The third-order valence-electron chi connectivity index (χ3n) is 3.36. The summed E-state index contributed by atoms with van der Waals surface area (Å²) in [6.07, 6.45) is 6.71. The van der Waals surface area contributed by atoms with Crippen LogP contribution in [0.15, 0.2) is 59.9 Å². The second-order valence-corrected chi connectivity index (χ2v) is 5.03. The van der Waals surface area contributed by atoms with E-state index in [1.54, 1.807) is 12.4 Å². The molecule has 8 heteroatoms. The van der Waals surface area contributed by atoms with Gasteiger partial charge >= 0.3 is 0 Å². The first kappa shape index (κ1) is 15.6. The molecule has 3 aromatic rings. The smallest absolute Gasteiger partial charge is 0.267 e. The summed E-state index contributed by atoms with van der Waals surface area (Å²) in [4.78, 5) is 32.0. The Hall–Kier alpha value is -3.29. The molecule has 0 radical (unpaired) electrons. The van der Waals surface area contributed by atoms with Gasteiger partial charge in [0.05, 0.1) is 0 Å². The molecule has 0 fully saturated rings. The maximum absolute atomic E-state index is 11.9. The van der Waals surface area contributed by atoms with Crippen molar-refractivity contribution in [2.75, 3.05) is 6.54 Å². The van der Waals surface area contributed by atoms with Crippen molar-refractivity contribution < 1.29 is 4.79 Å². The Bertz CT molecular complexity index is 871. The molecule has 1 amide bonds. The first-order chi connectivity index (χ1) is 11.7. The SMILES string of the molecule is O=C(Cn1ncccc1=O)NCCn1ccnc1-c1ccccn1. The average molecular weight is 324 g/mol. The van der Waals surface area contributed by atoms with E-state index in [1.165, 1.54) is 18.3 Å². The van der Waals surface area contributed by atoms with Gasteiger partial charge in [-0.3, -0.25) is 14.6 Å². The molecule has 0 aliphatic heterocycles. The lowest BCUT2D eigenvalue weighted by Crippen LogP contribution is -2.34. The highest BCUT2D eigenvalue weighted by Gasteiger charge is 2.08. The van der Waals surface area contributed by atoms with Crippen molar-refractivity contribution in [3.63, 3.8) is 0 Å². The fraction of sp³-hybridized carbons (Fsp3) is 0.188. The number of carbonyl (C=O) groups is 1. The van der Waals surface area contributed by atoms with Crippen molar-refractivity contribution >= 4 is 5.91 Å². The zero-order chi connectivity index (χ0) is 16.8. The monoisotopic (exact) mass is 324 g/mol. The van der Waals surface area contributed by atoms with Gasteiger partial charge in [-0.1, -0.05) is 6.07 Å². The summed E-state index contributed by atoms with van der Waals surface area (Å²) >= 11 is 0. The maximum atomic E-state index is 11.9. The van der Waals surface area contributed by atoms with E-state index in [0.717, 1.165) is 16.2 Å². The Morgan fingerprint density at radius 1 is 1.08 bits per heavy atom. The van der Waals surface area contributed by atoms with Crippen LogP contribution >= 0.6 is 0 Å². The first-order valence-corrected chi connectivity index (χ1v) is 7.45. The van der Waals surface area contributed by atoms with Crippen LogP contribution in [0, 0.1) is 0 Å². The van der Waals surface area contributed by atoms with Crippen LogP contribution in [0.3, 0.4) is 0 Å². The minimum absolute atomic E-state index is 0.100. The number of amides is 1. The molecule has 0 spiro atoms. The Morgan fingerprint density at radius 3 is 2.79 bits per heavy atom. The minimum atomic E-state index is -0.306. The van der Waals surface area contributed by atoms with Crippen LogP contribution in [0.25, 0.3) is 11.5 Å². The molecule has 3 aromatic heterocycles. The molecule has 0 bridgehead atoms. The molecule has 3 rings (SSSR count). The Balaban J connectivity index is 1.56. The lowest BCUT2D eigenvalue weighted by Gasteiger charge is -2.09. The summed E-state index contributed by atoms with van der Waals surface area (Å²) in [5, 5.41) is 6.62. The summed E-state index contributed by atoms with van der Waals surface area (Å²) in [5.74, 6) is 0.473. The van der Waals surface area contributed by atoms with Gasteiger partial charge < -0.3 is 9.88 Å². The van der Waals surface area contributed by atoms with Crippen molar-refractivity contribution in [1.82, 2.24) is 29.6 Å². The van der Waals surface area contributed by atoms with Crippen LogP contribution in [-0.4, -0.2) is 36.8 Å². The fourth-order valence-corrected chi connectivity index (χ4v) is 2.23. The maximum Gasteiger partial charge on any atom is 0.267 e. The first-order valence-electron chi connectivity index (χ1n) is 7.45. The lowest BCUT2D eigenvalue weighted by atomic mass is 10.3. The van der Waals surface area contributed by atoms with E-state index in [1.807, 2.05) is 29.0 Å². The van der Waals surface area contributed by atoms with Gasteiger partial charge in [0.2, 0.25) is 5.91 Å². The standard InChI is InChI=1S/C16H16N6O2/c23-14(12-22-15(24)5-3-7-20-22)18-8-10-21-11-9-19-16(21)13-4-1-2-6-17-13/h1-7,9,11H,8,10,12H2,(H,18,23). The predicted octanol–water partition coefficient (Wildman–Crippen LogP) is 0.318. The molecular formula is C16H16N6O2. The van der Waals surface area contributed by atoms with Crippen LogP contribution in [0.5, 0.6) is 0 Å². The summed E-state index contributed by atoms with van der Waals surface area (Å²) in [5.41, 5.74) is 0.466. The van der Waals surface area contributed by atoms with Crippen LogP contribution < -0.4 is 10.9 Å². The number of rotatable bonds is 6. The molecule has 122 valence electrons. The van der Waals surface area contributed by atoms with Gasteiger partial charge in [0, 0.05) is 43.9 Å². The van der Waals surface area contributed by atoms with Crippen molar-refractivity contribution in [2.45, 2.75) is 13.1 Å². The summed E-state index contributed by atoms with van der Waals surface area (Å²) in [6.45, 7) is 0.863. The van der Waals surface area contributed by atoms with E-state index in [9.17, 15) is 9.59 Å². The molecule has 8 nitrogen and oxygen atoms in total. The van der Waals surface area contributed by atoms with E-state index in [0.29, 0.717) is 13.1 Å². The molecule has 0 aliphatic carbocycles. The summed E-state index contributed by atoms with van der Waals surface area (Å²) in [6, 6.07) is 8.52. The highest BCUT2D eigenvalue weighted by atomic mass is 16.2. The number of hydrogen-bond donors (Lipinski definition) is 1. The Kier molecular flexibility index (Phi) is 4.76. The zero-order valence-corrected chi connectivity index (χ0v) is 12.9. The summed E-state index contributed by atoms with van der Waals surface area (Å²) < 4.78 is 3.03.